The molecule has 2 aromatic rings. The summed E-state index contributed by atoms with van der Waals surface area (Å²) in [4.78, 5) is 34.4. The number of carbonyl (C=O) groups is 3. The number of Topliss-reactive ketones (excluding diaryl/α,β-unsaturated/α-hetero) is 3. The lowest BCUT2D eigenvalue weighted by atomic mass is 10.1. The Labute approximate surface area is 126 Å². The molecule has 0 amide bonds. The Hall–Kier alpha value is -2.27. The summed E-state index contributed by atoms with van der Waals surface area (Å²) in [5, 5.41) is 0.609. The number of ether oxygens (including phenoxy) is 1. The molecule has 5 heteroatoms. The standard InChI is InChI=1S/C16H14O4S/c1-11(17)13(18)9-14(19)15-7-8-16(21-15)20-10-12-5-3-2-4-6-12/h2-8H,9-10H2,1H3. The van der Waals surface area contributed by atoms with Crippen molar-refractivity contribution in [3.05, 3.63) is 52.9 Å². The van der Waals surface area contributed by atoms with Crippen LogP contribution in [0.3, 0.4) is 0 Å². The zero-order valence-electron chi connectivity index (χ0n) is 11.5. The third-order valence-corrected chi connectivity index (χ3v) is 3.83. The normalized spacial score (nSPS) is 10.1. The Morgan fingerprint density at radius 3 is 2.43 bits per heavy atom. The first-order valence-electron chi connectivity index (χ1n) is 6.40. The van der Waals surface area contributed by atoms with Crippen LogP contribution in [0.15, 0.2) is 42.5 Å². The summed E-state index contributed by atoms with van der Waals surface area (Å²) in [6.07, 6.45) is -0.381. The van der Waals surface area contributed by atoms with E-state index in [0.29, 0.717) is 16.5 Å². The summed E-state index contributed by atoms with van der Waals surface area (Å²) in [5.74, 6) is -1.62. The highest BCUT2D eigenvalue weighted by Gasteiger charge is 2.17. The second-order valence-electron chi connectivity index (χ2n) is 4.47. The van der Waals surface area contributed by atoms with Crippen molar-refractivity contribution in [2.45, 2.75) is 20.0 Å². The Bertz CT molecular complexity index is 658. The molecule has 0 aliphatic rings. The predicted molar refractivity (Wildman–Crippen MR) is 79.7 cm³/mol. The lowest BCUT2D eigenvalue weighted by Gasteiger charge is -2.02. The molecule has 2 rings (SSSR count). The molecular formula is C16H14O4S. The molecule has 0 aliphatic heterocycles. The summed E-state index contributed by atoms with van der Waals surface area (Å²) in [5.41, 5.74) is 1.03. The van der Waals surface area contributed by atoms with Crippen LogP contribution in [0.2, 0.25) is 0 Å². The number of rotatable bonds is 7. The second-order valence-corrected chi connectivity index (χ2v) is 5.52. The average Bonchev–Trinajstić information content (AvgIpc) is 2.95. The van der Waals surface area contributed by atoms with Crippen LogP contribution in [-0.2, 0) is 16.2 Å². The first-order chi connectivity index (χ1) is 10.1. The van der Waals surface area contributed by atoms with E-state index in [1.54, 1.807) is 12.1 Å². The predicted octanol–water partition coefficient (Wildman–Crippen LogP) is 3.06. The van der Waals surface area contributed by atoms with Crippen molar-refractivity contribution >= 4 is 28.7 Å². The minimum atomic E-state index is -0.667. The maximum Gasteiger partial charge on any atom is 0.205 e. The second kappa shape index (κ2) is 6.95. The maximum atomic E-state index is 11.8. The average molecular weight is 302 g/mol. The van der Waals surface area contributed by atoms with E-state index < -0.39 is 11.6 Å². The van der Waals surface area contributed by atoms with Gasteiger partial charge in [-0.15, -0.1) is 0 Å². The van der Waals surface area contributed by atoms with Gasteiger partial charge in [-0.2, -0.15) is 0 Å². The van der Waals surface area contributed by atoms with Crippen molar-refractivity contribution in [3.8, 4) is 5.06 Å². The molecule has 1 heterocycles. The monoisotopic (exact) mass is 302 g/mol. The highest BCUT2D eigenvalue weighted by molar-refractivity contribution is 7.15. The van der Waals surface area contributed by atoms with Crippen LogP contribution in [0.4, 0.5) is 0 Å². The fourth-order valence-electron chi connectivity index (χ4n) is 1.63. The van der Waals surface area contributed by atoms with Gasteiger partial charge < -0.3 is 4.74 Å². The van der Waals surface area contributed by atoms with E-state index in [1.165, 1.54) is 18.3 Å². The third kappa shape index (κ3) is 4.36. The van der Waals surface area contributed by atoms with Gasteiger partial charge in [0.1, 0.15) is 6.61 Å². The molecule has 0 atom stereocenters. The lowest BCUT2D eigenvalue weighted by Crippen LogP contribution is -2.14. The highest BCUT2D eigenvalue weighted by Crippen LogP contribution is 2.26. The molecule has 0 saturated heterocycles. The minimum Gasteiger partial charge on any atom is -0.479 e. The van der Waals surface area contributed by atoms with E-state index in [9.17, 15) is 14.4 Å². The van der Waals surface area contributed by atoms with E-state index in [0.717, 1.165) is 5.56 Å². The molecule has 0 N–H and O–H groups in total. The summed E-state index contributed by atoms with van der Waals surface area (Å²) < 4.78 is 5.59. The summed E-state index contributed by atoms with van der Waals surface area (Å²) in [7, 11) is 0. The zero-order chi connectivity index (χ0) is 15.2. The Morgan fingerprint density at radius 2 is 1.76 bits per heavy atom. The fraction of sp³-hybridized carbons (Fsp3) is 0.188. The van der Waals surface area contributed by atoms with Crippen molar-refractivity contribution in [1.29, 1.82) is 0 Å². The first-order valence-corrected chi connectivity index (χ1v) is 7.21. The van der Waals surface area contributed by atoms with Crippen LogP contribution in [-0.4, -0.2) is 17.3 Å². The molecule has 0 fully saturated rings. The molecule has 0 aliphatic carbocycles. The van der Waals surface area contributed by atoms with Gasteiger partial charge in [-0.3, -0.25) is 14.4 Å². The summed E-state index contributed by atoms with van der Waals surface area (Å²) >= 11 is 1.18. The molecule has 4 nitrogen and oxygen atoms in total. The quantitative estimate of drug-likeness (QED) is 0.448. The van der Waals surface area contributed by atoms with Crippen LogP contribution in [0.25, 0.3) is 0 Å². The third-order valence-electron chi connectivity index (χ3n) is 2.79. The van der Waals surface area contributed by atoms with Gasteiger partial charge in [-0.25, -0.2) is 0 Å². The summed E-state index contributed by atoms with van der Waals surface area (Å²) in [6.45, 7) is 1.58. The number of ketones is 3. The molecule has 0 bridgehead atoms. The van der Waals surface area contributed by atoms with E-state index >= 15 is 0 Å². The molecular weight excluding hydrogens is 288 g/mol. The van der Waals surface area contributed by atoms with Crippen LogP contribution in [0, 0.1) is 0 Å². The van der Waals surface area contributed by atoms with Crippen LogP contribution in [0.1, 0.15) is 28.6 Å². The van der Waals surface area contributed by atoms with Crippen molar-refractivity contribution in [1.82, 2.24) is 0 Å². The maximum absolute atomic E-state index is 11.8. The van der Waals surface area contributed by atoms with Gasteiger partial charge in [0.2, 0.25) is 5.78 Å². The summed E-state index contributed by atoms with van der Waals surface area (Å²) in [6, 6.07) is 13.0. The lowest BCUT2D eigenvalue weighted by molar-refractivity contribution is -0.134. The van der Waals surface area contributed by atoms with E-state index in [4.69, 9.17) is 4.74 Å². The molecule has 21 heavy (non-hydrogen) atoms. The largest absolute Gasteiger partial charge is 0.479 e. The Balaban J connectivity index is 1.93. The van der Waals surface area contributed by atoms with Crippen molar-refractivity contribution < 1.29 is 19.1 Å². The van der Waals surface area contributed by atoms with Gasteiger partial charge in [0.15, 0.2) is 16.6 Å². The number of benzene rings is 1. The van der Waals surface area contributed by atoms with Crippen molar-refractivity contribution in [2.75, 3.05) is 0 Å². The van der Waals surface area contributed by atoms with Crippen molar-refractivity contribution in [3.63, 3.8) is 0 Å². The van der Waals surface area contributed by atoms with Gasteiger partial charge in [0.25, 0.3) is 0 Å². The Kier molecular flexibility index (Phi) is 5.00. The number of hydrogen-bond acceptors (Lipinski definition) is 5. The van der Waals surface area contributed by atoms with Crippen LogP contribution < -0.4 is 4.74 Å². The first kappa shape index (κ1) is 15.1. The molecule has 0 saturated carbocycles. The fourth-order valence-corrected chi connectivity index (χ4v) is 2.43. The number of hydrogen-bond donors (Lipinski definition) is 0. The smallest absolute Gasteiger partial charge is 0.205 e. The SMILES string of the molecule is CC(=O)C(=O)CC(=O)c1ccc(OCc2ccccc2)s1. The van der Waals surface area contributed by atoms with Crippen molar-refractivity contribution in [2.24, 2.45) is 0 Å². The topological polar surface area (TPSA) is 60.4 Å². The zero-order valence-corrected chi connectivity index (χ0v) is 12.3. The van der Waals surface area contributed by atoms with E-state index in [1.807, 2.05) is 30.3 Å². The van der Waals surface area contributed by atoms with Gasteiger partial charge in [0.05, 0.1) is 11.3 Å². The van der Waals surface area contributed by atoms with E-state index in [-0.39, 0.29) is 12.2 Å². The van der Waals surface area contributed by atoms with E-state index in [2.05, 4.69) is 0 Å². The molecule has 108 valence electrons. The minimum absolute atomic E-state index is 0.352. The Morgan fingerprint density at radius 1 is 1.05 bits per heavy atom. The number of thiophene rings is 1. The van der Waals surface area contributed by atoms with Crippen LogP contribution in [0.5, 0.6) is 5.06 Å². The number of carbonyl (C=O) groups excluding carboxylic acids is 3. The molecule has 1 aromatic carbocycles. The molecule has 0 unspecified atom stereocenters. The van der Waals surface area contributed by atoms with Gasteiger partial charge in [-0.05, 0) is 17.7 Å². The molecule has 0 radical (unpaired) electrons. The van der Waals surface area contributed by atoms with Gasteiger partial charge >= 0.3 is 0 Å². The highest BCUT2D eigenvalue weighted by atomic mass is 32.1. The van der Waals surface area contributed by atoms with Crippen LogP contribution >= 0.6 is 11.3 Å². The van der Waals surface area contributed by atoms with Gasteiger partial charge in [-0.1, -0.05) is 41.7 Å². The van der Waals surface area contributed by atoms with Gasteiger partial charge in [0, 0.05) is 6.92 Å². The molecule has 1 aromatic heterocycles. The molecule has 0 spiro atoms.